The monoisotopic (exact) mass is 272 g/mol. The van der Waals surface area contributed by atoms with E-state index in [4.69, 9.17) is 10.5 Å². The summed E-state index contributed by atoms with van der Waals surface area (Å²) in [5.41, 5.74) is 6.23. The Kier molecular flexibility index (Phi) is 3.13. The number of nitrogens with two attached hydrogens (primary N) is 1. The number of anilines is 1. The van der Waals surface area contributed by atoms with Gasteiger partial charge >= 0.3 is 6.18 Å². The molecule has 0 fully saturated rings. The quantitative estimate of drug-likeness (QED) is 0.911. The van der Waals surface area contributed by atoms with Gasteiger partial charge in [0, 0.05) is 0 Å². The molecule has 0 atom stereocenters. The molecule has 1 aromatic carbocycles. The minimum absolute atomic E-state index is 0.244. The zero-order chi connectivity index (χ0) is 14.2. The van der Waals surface area contributed by atoms with Crippen LogP contribution in [-0.2, 0) is 6.18 Å². The second-order valence-corrected chi connectivity index (χ2v) is 3.95. The Morgan fingerprint density at radius 1 is 1.32 bits per heavy atom. The minimum atomic E-state index is -4.65. The lowest BCUT2D eigenvalue weighted by Crippen LogP contribution is -2.05. The number of methoxy groups -OCH3 is 1. The van der Waals surface area contributed by atoms with Gasteiger partial charge in [0.25, 0.3) is 0 Å². The zero-order valence-corrected chi connectivity index (χ0v) is 10.2. The molecule has 0 saturated carbocycles. The lowest BCUT2D eigenvalue weighted by Gasteiger charge is -2.09. The van der Waals surface area contributed by atoms with Crippen LogP contribution in [0, 0.1) is 6.92 Å². The lowest BCUT2D eigenvalue weighted by molar-refractivity contribution is -0.154. The number of nitrogen functional groups attached to an aromatic ring is 1. The fourth-order valence-corrected chi connectivity index (χ4v) is 1.75. The first-order valence-electron chi connectivity index (χ1n) is 5.32. The number of ether oxygens (including phenoxy) is 1. The summed E-state index contributed by atoms with van der Waals surface area (Å²) in [6.45, 7) is 1.78. The molecule has 0 unspecified atom stereocenters. The van der Waals surface area contributed by atoms with Crippen molar-refractivity contribution in [3.63, 3.8) is 0 Å². The van der Waals surface area contributed by atoms with Crippen LogP contribution in [0.2, 0.25) is 0 Å². The molecule has 1 heterocycles. The molecule has 0 aliphatic carbocycles. The van der Waals surface area contributed by atoms with Crippen LogP contribution < -0.4 is 10.5 Å². The van der Waals surface area contributed by atoms with E-state index in [0.717, 1.165) is 5.56 Å². The average Bonchev–Trinajstić information content (AvgIpc) is 2.72. The Morgan fingerprint density at radius 2 is 2.00 bits per heavy atom. The highest BCUT2D eigenvalue weighted by molar-refractivity contribution is 5.77. The van der Waals surface area contributed by atoms with Crippen LogP contribution >= 0.6 is 0 Å². The minimum Gasteiger partial charge on any atom is -0.496 e. The van der Waals surface area contributed by atoms with Crippen molar-refractivity contribution in [2.75, 3.05) is 12.8 Å². The number of nitrogens with zero attached hydrogens (tertiary/aromatic N) is 1. The van der Waals surface area contributed by atoms with Crippen molar-refractivity contribution >= 4 is 5.82 Å². The smallest absolute Gasteiger partial charge is 0.453 e. The van der Waals surface area contributed by atoms with Gasteiger partial charge in [-0.25, -0.2) is 0 Å². The van der Waals surface area contributed by atoms with Gasteiger partial charge in [-0.2, -0.15) is 13.2 Å². The second-order valence-electron chi connectivity index (χ2n) is 3.95. The maximum atomic E-state index is 12.8. The number of hydrogen-bond donors (Lipinski definition) is 1. The maximum absolute atomic E-state index is 12.8. The molecule has 102 valence electrons. The third kappa shape index (κ3) is 2.35. The third-order valence-electron chi connectivity index (χ3n) is 2.67. The van der Waals surface area contributed by atoms with Crippen LogP contribution in [0.25, 0.3) is 11.1 Å². The van der Waals surface area contributed by atoms with Crippen molar-refractivity contribution in [2.24, 2.45) is 0 Å². The standard InChI is InChI=1S/C12H11F3N2O2/c1-6-3-4-7(5-8(6)18-2)9-10(12(13,14)15)19-17-11(9)16/h3-5H,1-2H3,(H2,16,17). The maximum Gasteiger partial charge on any atom is 0.453 e. The molecule has 0 aliphatic rings. The van der Waals surface area contributed by atoms with E-state index in [2.05, 4.69) is 9.68 Å². The Hall–Kier alpha value is -2.18. The largest absolute Gasteiger partial charge is 0.496 e. The van der Waals surface area contributed by atoms with E-state index in [0.29, 0.717) is 5.75 Å². The number of alkyl halides is 3. The Bertz CT molecular complexity index is 606. The number of benzene rings is 1. The Morgan fingerprint density at radius 3 is 2.58 bits per heavy atom. The van der Waals surface area contributed by atoms with Crippen LogP contribution in [-0.4, -0.2) is 12.3 Å². The van der Waals surface area contributed by atoms with Crippen molar-refractivity contribution in [3.8, 4) is 16.9 Å². The number of hydrogen-bond acceptors (Lipinski definition) is 4. The highest BCUT2D eigenvalue weighted by atomic mass is 19.4. The Labute approximate surface area is 106 Å². The van der Waals surface area contributed by atoms with Crippen LogP contribution in [0.5, 0.6) is 5.75 Å². The Balaban J connectivity index is 2.62. The SMILES string of the molecule is COc1cc(-c2c(N)noc2C(F)(F)F)ccc1C. The first-order valence-corrected chi connectivity index (χ1v) is 5.32. The van der Waals surface area contributed by atoms with Gasteiger partial charge in [-0.05, 0) is 24.1 Å². The molecular formula is C12H11F3N2O2. The first-order chi connectivity index (χ1) is 8.84. The number of rotatable bonds is 2. The summed E-state index contributed by atoms with van der Waals surface area (Å²) in [5, 5.41) is 3.18. The van der Waals surface area contributed by atoms with E-state index >= 15 is 0 Å². The van der Waals surface area contributed by atoms with Gasteiger partial charge in [0.1, 0.15) is 5.75 Å². The molecule has 0 radical (unpaired) electrons. The van der Waals surface area contributed by atoms with Gasteiger partial charge in [0.2, 0.25) is 5.76 Å². The fraction of sp³-hybridized carbons (Fsp3) is 0.250. The molecule has 2 aromatic rings. The topological polar surface area (TPSA) is 61.3 Å². The van der Waals surface area contributed by atoms with Crippen molar-refractivity contribution in [1.82, 2.24) is 5.16 Å². The van der Waals surface area contributed by atoms with Crippen LogP contribution in [0.4, 0.5) is 19.0 Å². The highest BCUT2D eigenvalue weighted by Gasteiger charge is 2.40. The molecule has 0 aliphatic heterocycles. The van der Waals surface area contributed by atoms with E-state index in [9.17, 15) is 13.2 Å². The van der Waals surface area contributed by atoms with Crippen molar-refractivity contribution in [3.05, 3.63) is 29.5 Å². The fourth-order valence-electron chi connectivity index (χ4n) is 1.75. The molecule has 0 spiro atoms. The van der Waals surface area contributed by atoms with Gasteiger partial charge in [-0.3, -0.25) is 0 Å². The molecule has 19 heavy (non-hydrogen) atoms. The first kappa shape index (κ1) is 13.3. The van der Waals surface area contributed by atoms with Crippen LogP contribution in [0.3, 0.4) is 0 Å². The van der Waals surface area contributed by atoms with E-state index < -0.39 is 11.9 Å². The summed E-state index contributed by atoms with van der Waals surface area (Å²) in [6, 6.07) is 4.62. The normalized spacial score (nSPS) is 11.6. The summed E-state index contributed by atoms with van der Waals surface area (Å²) < 4.78 is 47.7. The second kappa shape index (κ2) is 4.49. The highest BCUT2D eigenvalue weighted by Crippen LogP contribution is 2.41. The summed E-state index contributed by atoms with van der Waals surface area (Å²) in [5.74, 6) is -1.06. The number of aryl methyl sites for hydroxylation is 1. The molecule has 2 N–H and O–H groups in total. The molecule has 7 heteroatoms. The molecule has 0 bridgehead atoms. The molecule has 2 rings (SSSR count). The summed E-state index contributed by atoms with van der Waals surface area (Å²) in [4.78, 5) is 0. The van der Waals surface area contributed by atoms with Crippen molar-refractivity contribution in [1.29, 1.82) is 0 Å². The van der Waals surface area contributed by atoms with Gasteiger partial charge in [0.05, 0.1) is 12.7 Å². The molecular weight excluding hydrogens is 261 g/mol. The van der Waals surface area contributed by atoms with Crippen molar-refractivity contribution in [2.45, 2.75) is 13.1 Å². The molecule has 4 nitrogen and oxygen atoms in total. The number of aromatic nitrogens is 1. The lowest BCUT2D eigenvalue weighted by atomic mass is 10.0. The van der Waals surface area contributed by atoms with E-state index in [1.54, 1.807) is 13.0 Å². The zero-order valence-electron chi connectivity index (χ0n) is 10.2. The van der Waals surface area contributed by atoms with Gasteiger partial charge in [0.15, 0.2) is 5.82 Å². The predicted molar refractivity (Wildman–Crippen MR) is 62.6 cm³/mol. The van der Waals surface area contributed by atoms with E-state index in [-0.39, 0.29) is 16.9 Å². The van der Waals surface area contributed by atoms with Crippen LogP contribution in [0.15, 0.2) is 22.7 Å². The molecule has 0 amide bonds. The average molecular weight is 272 g/mol. The number of halogens is 3. The third-order valence-corrected chi connectivity index (χ3v) is 2.67. The van der Waals surface area contributed by atoms with Gasteiger partial charge in [-0.1, -0.05) is 17.3 Å². The van der Waals surface area contributed by atoms with E-state index in [1.807, 2.05) is 0 Å². The summed E-state index contributed by atoms with van der Waals surface area (Å²) in [6.07, 6.45) is -4.65. The molecule has 0 saturated heterocycles. The summed E-state index contributed by atoms with van der Waals surface area (Å²) in [7, 11) is 1.44. The van der Waals surface area contributed by atoms with Crippen LogP contribution in [0.1, 0.15) is 11.3 Å². The van der Waals surface area contributed by atoms with Crippen molar-refractivity contribution < 1.29 is 22.4 Å². The van der Waals surface area contributed by atoms with Gasteiger partial charge in [-0.15, -0.1) is 0 Å². The summed E-state index contributed by atoms with van der Waals surface area (Å²) >= 11 is 0. The molecule has 1 aromatic heterocycles. The van der Waals surface area contributed by atoms with Gasteiger partial charge < -0.3 is 15.0 Å². The predicted octanol–water partition coefficient (Wildman–Crippen LogP) is 3.26. The van der Waals surface area contributed by atoms with E-state index in [1.165, 1.54) is 19.2 Å².